The van der Waals surface area contributed by atoms with Gasteiger partial charge in [0.1, 0.15) is 17.5 Å². The first-order chi connectivity index (χ1) is 14.2. The van der Waals surface area contributed by atoms with E-state index in [2.05, 4.69) is 31.1 Å². The van der Waals surface area contributed by atoms with Crippen molar-refractivity contribution in [1.82, 2.24) is 20.5 Å². The summed E-state index contributed by atoms with van der Waals surface area (Å²) in [5.41, 5.74) is 0.359. The number of anilines is 3. The Labute approximate surface area is 167 Å². The van der Waals surface area contributed by atoms with E-state index in [1.165, 1.54) is 12.1 Å². The molecule has 8 heteroatoms. The van der Waals surface area contributed by atoms with Crippen molar-refractivity contribution in [3.63, 3.8) is 0 Å². The maximum absolute atomic E-state index is 13.1. The molecule has 1 fully saturated rings. The molecular formula is C21H21FN6O. The molecule has 1 amide bonds. The van der Waals surface area contributed by atoms with Gasteiger partial charge in [0.05, 0.1) is 5.41 Å². The Bertz CT molecular complexity index is 959. The molecule has 7 nitrogen and oxygen atoms in total. The fourth-order valence-electron chi connectivity index (χ4n) is 3.14. The Kier molecular flexibility index (Phi) is 5.33. The van der Waals surface area contributed by atoms with Crippen molar-refractivity contribution in [2.75, 3.05) is 23.7 Å². The van der Waals surface area contributed by atoms with Gasteiger partial charge in [0.25, 0.3) is 0 Å². The predicted molar refractivity (Wildman–Crippen MR) is 108 cm³/mol. The highest BCUT2D eigenvalue weighted by Crippen LogP contribution is 2.48. The van der Waals surface area contributed by atoms with E-state index >= 15 is 0 Å². The smallest absolute Gasteiger partial charge is 0.230 e. The van der Waals surface area contributed by atoms with Gasteiger partial charge in [-0.05, 0) is 54.8 Å². The number of amides is 1. The Morgan fingerprint density at radius 2 is 1.69 bits per heavy atom. The second kappa shape index (κ2) is 8.22. The molecule has 0 spiro atoms. The number of rotatable bonds is 8. The van der Waals surface area contributed by atoms with Gasteiger partial charge in [-0.1, -0.05) is 18.2 Å². The Morgan fingerprint density at radius 3 is 2.34 bits per heavy atom. The lowest BCUT2D eigenvalue weighted by Crippen LogP contribution is -2.37. The van der Waals surface area contributed by atoms with E-state index in [4.69, 9.17) is 0 Å². The summed E-state index contributed by atoms with van der Waals surface area (Å²) in [6.45, 7) is 0.977. The Hall–Kier alpha value is -3.55. The van der Waals surface area contributed by atoms with Crippen LogP contribution in [0.25, 0.3) is 0 Å². The van der Waals surface area contributed by atoms with Crippen molar-refractivity contribution in [2.45, 2.75) is 18.3 Å². The molecule has 0 atom stereocenters. The summed E-state index contributed by atoms with van der Waals surface area (Å²) in [5, 5.41) is 17.4. The minimum atomic E-state index is -0.508. The van der Waals surface area contributed by atoms with E-state index in [0.717, 1.165) is 18.4 Å². The first-order valence-corrected chi connectivity index (χ1v) is 9.46. The zero-order valence-electron chi connectivity index (χ0n) is 15.7. The van der Waals surface area contributed by atoms with Crippen LogP contribution in [-0.4, -0.2) is 34.2 Å². The van der Waals surface area contributed by atoms with Gasteiger partial charge in [0.2, 0.25) is 5.91 Å². The molecule has 0 unspecified atom stereocenters. The highest BCUT2D eigenvalue weighted by Gasteiger charge is 2.50. The molecule has 1 saturated carbocycles. The number of nitrogens with zero attached hydrogens (tertiary/aromatic N) is 3. The van der Waals surface area contributed by atoms with Gasteiger partial charge in [-0.3, -0.25) is 4.79 Å². The molecule has 29 heavy (non-hydrogen) atoms. The average molecular weight is 392 g/mol. The lowest BCUT2D eigenvalue weighted by Gasteiger charge is -2.16. The monoisotopic (exact) mass is 392 g/mol. The Balaban J connectivity index is 1.23. The summed E-state index contributed by atoms with van der Waals surface area (Å²) in [6.07, 6.45) is 3.27. The molecule has 2 aromatic heterocycles. The maximum Gasteiger partial charge on any atom is 0.230 e. The van der Waals surface area contributed by atoms with Crippen LogP contribution in [0.4, 0.5) is 21.8 Å². The van der Waals surface area contributed by atoms with E-state index in [-0.39, 0.29) is 11.7 Å². The third-order valence-electron chi connectivity index (χ3n) is 4.88. The van der Waals surface area contributed by atoms with E-state index in [1.54, 1.807) is 30.5 Å². The molecule has 0 radical (unpaired) electrons. The first kappa shape index (κ1) is 18.8. The minimum absolute atomic E-state index is 0.0214. The molecule has 1 aliphatic rings. The predicted octanol–water partition coefficient (Wildman–Crippen LogP) is 3.01. The van der Waals surface area contributed by atoms with Crippen molar-refractivity contribution in [3.05, 3.63) is 72.2 Å². The maximum atomic E-state index is 13.1. The number of carbonyl (C=O) groups excluding carboxylic acids is 1. The molecule has 3 N–H and O–H groups in total. The number of hydrogen-bond acceptors (Lipinski definition) is 6. The quantitative estimate of drug-likeness (QED) is 0.511. The second-order valence-corrected chi connectivity index (χ2v) is 6.92. The van der Waals surface area contributed by atoms with Crippen LogP contribution in [0.3, 0.4) is 0 Å². The zero-order valence-corrected chi connectivity index (χ0v) is 15.7. The average Bonchev–Trinajstić information content (AvgIpc) is 3.56. The van der Waals surface area contributed by atoms with Crippen LogP contribution in [0.15, 0.2) is 60.8 Å². The fourth-order valence-corrected chi connectivity index (χ4v) is 3.14. The van der Waals surface area contributed by atoms with E-state index in [0.29, 0.717) is 30.5 Å². The minimum Gasteiger partial charge on any atom is -0.367 e. The van der Waals surface area contributed by atoms with Crippen LogP contribution in [0, 0.1) is 5.82 Å². The number of hydrogen-bond donors (Lipinski definition) is 3. The summed E-state index contributed by atoms with van der Waals surface area (Å²) < 4.78 is 13.1. The van der Waals surface area contributed by atoms with Crippen molar-refractivity contribution in [1.29, 1.82) is 0 Å². The third-order valence-corrected chi connectivity index (χ3v) is 4.88. The van der Waals surface area contributed by atoms with Crippen LogP contribution < -0.4 is 16.0 Å². The number of nitrogens with one attached hydrogen (secondary N) is 3. The Morgan fingerprint density at radius 1 is 0.931 bits per heavy atom. The van der Waals surface area contributed by atoms with Crippen LogP contribution in [0.2, 0.25) is 0 Å². The van der Waals surface area contributed by atoms with Gasteiger partial charge >= 0.3 is 0 Å². The molecule has 1 aliphatic carbocycles. The SMILES string of the molecule is O=C(NCCNc1ccc(Nc2ccccn2)nn1)C1(c2ccc(F)cc2)CC1. The molecule has 2 heterocycles. The van der Waals surface area contributed by atoms with Gasteiger partial charge in [0.15, 0.2) is 5.82 Å². The van der Waals surface area contributed by atoms with E-state index in [1.807, 2.05) is 18.2 Å². The fraction of sp³-hybridized carbons (Fsp3) is 0.238. The van der Waals surface area contributed by atoms with Crippen LogP contribution in [0.5, 0.6) is 0 Å². The topological polar surface area (TPSA) is 91.8 Å². The van der Waals surface area contributed by atoms with Crippen LogP contribution in [0.1, 0.15) is 18.4 Å². The molecule has 0 bridgehead atoms. The van der Waals surface area contributed by atoms with Gasteiger partial charge in [-0.15, -0.1) is 10.2 Å². The highest BCUT2D eigenvalue weighted by molar-refractivity contribution is 5.91. The molecule has 0 aliphatic heterocycles. The summed E-state index contributed by atoms with van der Waals surface area (Å²) in [4.78, 5) is 16.7. The van der Waals surface area contributed by atoms with Gasteiger partial charge in [0, 0.05) is 19.3 Å². The highest BCUT2D eigenvalue weighted by atomic mass is 19.1. The number of carbonyl (C=O) groups is 1. The van der Waals surface area contributed by atoms with Gasteiger partial charge in [-0.25, -0.2) is 9.37 Å². The van der Waals surface area contributed by atoms with E-state index in [9.17, 15) is 9.18 Å². The summed E-state index contributed by atoms with van der Waals surface area (Å²) in [6, 6.07) is 15.4. The lowest BCUT2D eigenvalue weighted by molar-refractivity contribution is -0.123. The molecule has 148 valence electrons. The number of pyridine rings is 1. The van der Waals surface area contributed by atoms with Crippen molar-refractivity contribution in [3.8, 4) is 0 Å². The second-order valence-electron chi connectivity index (χ2n) is 6.92. The van der Waals surface area contributed by atoms with Crippen LogP contribution in [-0.2, 0) is 10.2 Å². The van der Waals surface area contributed by atoms with Crippen molar-refractivity contribution >= 4 is 23.4 Å². The number of benzene rings is 1. The third kappa shape index (κ3) is 4.48. The van der Waals surface area contributed by atoms with E-state index < -0.39 is 5.41 Å². The summed E-state index contributed by atoms with van der Waals surface area (Å²) in [7, 11) is 0. The lowest BCUT2D eigenvalue weighted by atomic mass is 9.95. The van der Waals surface area contributed by atoms with Crippen molar-refractivity contribution in [2.24, 2.45) is 0 Å². The summed E-state index contributed by atoms with van der Waals surface area (Å²) >= 11 is 0. The molecule has 3 aromatic rings. The molecule has 4 rings (SSSR count). The van der Waals surface area contributed by atoms with Crippen molar-refractivity contribution < 1.29 is 9.18 Å². The first-order valence-electron chi connectivity index (χ1n) is 9.46. The molecular weight excluding hydrogens is 371 g/mol. The van der Waals surface area contributed by atoms with Gasteiger partial charge in [-0.2, -0.15) is 0 Å². The number of halogens is 1. The normalized spacial score (nSPS) is 14.1. The van der Waals surface area contributed by atoms with Crippen LogP contribution >= 0.6 is 0 Å². The van der Waals surface area contributed by atoms with Gasteiger partial charge < -0.3 is 16.0 Å². The number of aromatic nitrogens is 3. The zero-order chi connectivity index (χ0) is 20.1. The largest absolute Gasteiger partial charge is 0.367 e. The molecule has 1 aromatic carbocycles. The molecule has 0 saturated heterocycles. The summed E-state index contributed by atoms with van der Waals surface area (Å²) in [5.74, 6) is 1.59. The standard InChI is InChI=1S/C21H21FN6O/c22-16-6-4-15(5-7-16)21(10-11-21)20(29)25-14-13-24-18-8-9-19(28-27-18)26-17-3-1-2-12-23-17/h1-9,12H,10-11,13-14H2,(H,24,27)(H,25,29)(H,23,26,28).